The molecule has 0 aliphatic rings. The van der Waals surface area contributed by atoms with E-state index in [2.05, 4.69) is 15.8 Å². The molecule has 33 heavy (non-hydrogen) atoms. The number of carbonyl (C=O) groups is 3. The van der Waals surface area contributed by atoms with Gasteiger partial charge in [0, 0.05) is 18.5 Å². The summed E-state index contributed by atoms with van der Waals surface area (Å²) in [4.78, 5) is 38.1. The van der Waals surface area contributed by atoms with Gasteiger partial charge in [-0.25, -0.2) is 15.2 Å². The van der Waals surface area contributed by atoms with E-state index in [1.54, 1.807) is 55.6 Å². The number of nitrogens with one attached hydrogen (secondary N) is 2. The Morgan fingerprint density at radius 1 is 1.12 bits per heavy atom. The third-order valence-electron chi connectivity index (χ3n) is 4.80. The molecule has 0 radical (unpaired) electrons. The maximum absolute atomic E-state index is 13.1. The van der Waals surface area contributed by atoms with Gasteiger partial charge in [0.2, 0.25) is 0 Å². The van der Waals surface area contributed by atoms with Crippen molar-refractivity contribution in [1.82, 2.24) is 15.2 Å². The average Bonchev–Trinajstić information content (AvgIpc) is 3.40. The van der Waals surface area contributed by atoms with Crippen molar-refractivity contribution in [2.45, 2.75) is 5.88 Å². The van der Waals surface area contributed by atoms with E-state index in [9.17, 15) is 19.5 Å². The number of carbonyl (C=O) groups excluding carboxylic acids is 2. The first kappa shape index (κ1) is 22.5. The maximum atomic E-state index is 13.1. The Hall–Kier alpha value is -3.73. The van der Waals surface area contributed by atoms with Crippen LogP contribution in [-0.2, 0) is 5.88 Å². The van der Waals surface area contributed by atoms with Crippen molar-refractivity contribution in [3.63, 3.8) is 0 Å². The highest BCUT2D eigenvalue weighted by Gasteiger charge is 2.25. The van der Waals surface area contributed by atoms with Crippen molar-refractivity contribution in [3.05, 3.63) is 76.7 Å². The molecular weight excluding hydrogens is 466 g/mol. The molecule has 2 aromatic carbocycles. The second-order valence-corrected chi connectivity index (χ2v) is 8.15. The molecule has 0 atom stereocenters. The van der Waals surface area contributed by atoms with Crippen molar-refractivity contribution < 1.29 is 19.5 Å². The molecule has 4 aromatic rings. The molecule has 0 unspecified atom stereocenters. The van der Waals surface area contributed by atoms with Crippen molar-refractivity contribution in [2.24, 2.45) is 0 Å². The number of amides is 2. The number of hydrazine groups is 1. The summed E-state index contributed by atoms with van der Waals surface area (Å²) in [6.45, 7) is 0. The zero-order valence-corrected chi connectivity index (χ0v) is 18.9. The van der Waals surface area contributed by atoms with E-state index < -0.39 is 12.0 Å². The summed E-state index contributed by atoms with van der Waals surface area (Å²) in [6, 6.07) is 17.2. The van der Waals surface area contributed by atoms with Gasteiger partial charge in [0.15, 0.2) is 5.82 Å². The SMILES string of the molecule is CNN(C(=O)c1cc2c(NC(=O)c3ccc(CCl)cc3)nn(C(=O)O)c2s1)c1ccccc1. The molecule has 9 nitrogen and oxygen atoms in total. The lowest BCUT2D eigenvalue weighted by Gasteiger charge is -2.20. The zero-order valence-electron chi connectivity index (χ0n) is 17.3. The molecule has 0 spiro atoms. The number of nitrogens with zero attached hydrogens (tertiary/aromatic N) is 3. The summed E-state index contributed by atoms with van der Waals surface area (Å²) in [7, 11) is 1.61. The zero-order chi connectivity index (χ0) is 23.5. The molecule has 3 N–H and O–H groups in total. The number of thiophene rings is 1. The molecule has 0 bridgehead atoms. The molecule has 0 fully saturated rings. The molecule has 168 valence electrons. The van der Waals surface area contributed by atoms with Gasteiger partial charge < -0.3 is 10.4 Å². The molecule has 2 amide bonds. The number of fused-ring (bicyclic) bond motifs is 1. The highest BCUT2D eigenvalue weighted by Crippen LogP contribution is 2.33. The monoisotopic (exact) mass is 483 g/mol. The Kier molecular flexibility index (Phi) is 6.40. The van der Waals surface area contributed by atoms with Crippen LogP contribution in [0.15, 0.2) is 60.7 Å². The number of rotatable bonds is 6. The largest absolute Gasteiger partial charge is 0.463 e. The minimum absolute atomic E-state index is 0.0461. The lowest BCUT2D eigenvalue weighted by atomic mass is 10.1. The van der Waals surface area contributed by atoms with Gasteiger partial charge in [-0.15, -0.1) is 28.0 Å². The van der Waals surface area contributed by atoms with Crippen LogP contribution >= 0.6 is 22.9 Å². The fraction of sp³-hybridized carbons (Fsp3) is 0.0909. The van der Waals surface area contributed by atoms with Crippen LogP contribution in [-0.4, -0.2) is 39.8 Å². The number of hydrogen-bond donors (Lipinski definition) is 3. The minimum atomic E-state index is -1.33. The summed E-state index contributed by atoms with van der Waals surface area (Å²) in [6.07, 6.45) is -1.33. The molecule has 4 rings (SSSR count). The van der Waals surface area contributed by atoms with Gasteiger partial charge in [-0.05, 0) is 35.9 Å². The van der Waals surface area contributed by atoms with Crippen LogP contribution in [0.2, 0.25) is 0 Å². The molecule has 2 heterocycles. The van der Waals surface area contributed by atoms with Crippen LogP contribution in [0.1, 0.15) is 25.6 Å². The molecule has 0 saturated heterocycles. The highest BCUT2D eigenvalue weighted by molar-refractivity contribution is 7.20. The van der Waals surface area contributed by atoms with E-state index in [0.29, 0.717) is 22.5 Å². The maximum Gasteiger partial charge on any atom is 0.433 e. The van der Waals surface area contributed by atoms with Crippen LogP contribution in [0.25, 0.3) is 10.2 Å². The topological polar surface area (TPSA) is 117 Å². The number of para-hydroxylation sites is 1. The van der Waals surface area contributed by atoms with E-state index in [4.69, 9.17) is 11.6 Å². The summed E-state index contributed by atoms with van der Waals surface area (Å²) in [5.41, 5.74) is 4.68. The highest BCUT2D eigenvalue weighted by atomic mass is 35.5. The summed E-state index contributed by atoms with van der Waals surface area (Å²) >= 11 is 6.75. The Balaban J connectivity index is 1.69. The summed E-state index contributed by atoms with van der Waals surface area (Å²) < 4.78 is 0.745. The van der Waals surface area contributed by atoms with Crippen LogP contribution in [0, 0.1) is 0 Å². The molecular formula is C22H18ClN5O4S. The Labute approximate surface area is 197 Å². The van der Waals surface area contributed by atoms with Gasteiger partial charge in [0.1, 0.15) is 4.83 Å². The van der Waals surface area contributed by atoms with Crippen molar-refractivity contribution in [2.75, 3.05) is 17.4 Å². The van der Waals surface area contributed by atoms with Gasteiger partial charge in [-0.1, -0.05) is 30.3 Å². The summed E-state index contributed by atoms with van der Waals surface area (Å²) in [5, 5.41) is 17.9. The van der Waals surface area contributed by atoms with Gasteiger partial charge in [-0.2, -0.15) is 4.68 Å². The molecule has 0 aliphatic heterocycles. The first-order valence-electron chi connectivity index (χ1n) is 9.72. The molecule has 0 saturated carbocycles. The van der Waals surface area contributed by atoms with Gasteiger partial charge >= 0.3 is 6.09 Å². The summed E-state index contributed by atoms with van der Waals surface area (Å²) in [5.74, 6) is -0.474. The van der Waals surface area contributed by atoms with E-state index in [1.165, 1.54) is 11.1 Å². The van der Waals surface area contributed by atoms with Crippen molar-refractivity contribution in [3.8, 4) is 0 Å². The fourth-order valence-corrected chi connectivity index (χ4v) is 4.41. The number of hydrogen-bond acceptors (Lipinski definition) is 6. The van der Waals surface area contributed by atoms with Crippen LogP contribution in [0.4, 0.5) is 16.3 Å². The normalized spacial score (nSPS) is 10.8. The third-order valence-corrected chi connectivity index (χ3v) is 6.20. The van der Waals surface area contributed by atoms with Gasteiger partial charge in [0.05, 0.1) is 16.0 Å². The van der Waals surface area contributed by atoms with E-state index >= 15 is 0 Å². The Morgan fingerprint density at radius 3 is 2.42 bits per heavy atom. The lowest BCUT2D eigenvalue weighted by molar-refractivity contribution is 0.0979. The molecule has 11 heteroatoms. The van der Waals surface area contributed by atoms with Crippen molar-refractivity contribution >= 4 is 62.6 Å². The lowest BCUT2D eigenvalue weighted by Crippen LogP contribution is -2.40. The van der Waals surface area contributed by atoms with Crippen molar-refractivity contribution in [1.29, 1.82) is 0 Å². The number of aromatic nitrogens is 2. The van der Waals surface area contributed by atoms with Gasteiger partial charge in [-0.3, -0.25) is 9.59 Å². The van der Waals surface area contributed by atoms with E-state index in [0.717, 1.165) is 21.6 Å². The Bertz CT molecular complexity index is 1330. The first-order chi connectivity index (χ1) is 15.9. The minimum Gasteiger partial charge on any atom is -0.463 e. The quantitative estimate of drug-likeness (QED) is 0.276. The van der Waals surface area contributed by atoms with Crippen LogP contribution in [0.3, 0.4) is 0 Å². The number of halogens is 1. The Morgan fingerprint density at radius 2 is 1.82 bits per heavy atom. The molecule has 2 aromatic heterocycles. The van der Waals surface area contributed by atoms with E-state index in [1.807, 2.05) is 6.07 Å². The second kappa shape index (κ2) is 9.41. The van der Waals surface area contributed by atoms with Crippen LogP contribution in [0.5, 0.6) is 0 Å². The smallest absolute Gasteiger partial charge is 0.433 e. The first-order valence-corrected chi connectivity index (χ1v) is 11.1. The second-order valence-electron chi connectivity index (χ2n) is 6.86. The van der Waals surface area contributed by atoms with Crippen LogP contribution < -0.4 is 15.8 Å². The van der Waals surface area contributed by atoms with Gasteiger partial charge in [0.25, 0.3) is 11.8 Å². The predicted molar refractivity (Wildman–Crippen MR) is 127 cm³/mol. The van der Waals surface area contributed by atoms with E-state index in [-0.39, 0.29) is 21.4 Å². The number of carboxylic acid groups (broad SMARTS) is 1. The third kappa shape index (κ3) is 4.44. The average molecular weight is 484 g/mol. The number of anilines is 2. The number of alkyl halides is 1. The predicted octanol–water partition coefficient (Wildman–Crippen LogP) is 4.40. The standard InChI is InChI=1S/C22H18ClN5O4S/c1-24-27(15-5-3-2-4-6-15)20(30)17-11-16-18(26-28(22(31)32)21(16)33-17)25-19(29)14-9-7-13(12-23)8-10-14/h2-11,24H,12H2,1H3,(H,31,32)(H,25,26,29). The molecule has 0 aliphatic carbocycles. The fourth-order valence-electron chi connectivity index (χ4n) is 3.20. The number of benzene rings is 2.